The van der Waals surface area contributed by atoms with E-state index in [2.05, 4.69) is 39.4 Å². The van der Waals surface area contributed by atoms with Crippen molar-refractivity contribution in [2.24, 2.45) is 0 Å². The number of nitrogens with one attached hydrogen (secondary N) is 1. The minimum absolute atomic E-state index is 0.534. The zero-order valence-corrected chi connectivity index (χ0v) is 26.4. The molecule has 0 saturated heterocycles. The van der Waals surface area contributed by atoms with Crippen molar-refractivity contribution >= 4 is 45.5 Å². The smallest absolute Gasteiger partial charge is 0.119 e. The maximum atomic E-state index is 9.50. The van der Waals surface area contributed by atoms with E-state index in [1.54, 1.807) is 55.6 Å². The van der Waals surface area contributed by atoms with Crippen LogP contribution in [0.5, 0.6) is 5.75 Å². The number of nitriles is 4. The Morgan fingerprint density at radius 2 is 0.735 bits per heavy atom. The van der Waals surface area contributed by atoms with Crippen LogP contribution in [0.15, 0.2) is 140 Å². The van der Waals surface area contributed by atoms with Gasteiger partial charge < -0.3 is 19.9 Å². The second-order valence-corrected chi connectivity index (χ2v) is 10.9. The van der Waals surface area contributed by atoms with E-state index < -0.39 is 0 Å². The van der Waals surface area contributed by atoms with Crippen molar-refractivity contribution in [1.29, 1.82) is 21.0 Å². The van der Waals surface area contributed by atoms with Crippen LogP contribution in [0.25, 0.3) is 0 Å². The summed E-state index contributed by atoms with van der Waals surface area (Å²) in [6, 6.07) is 51.8. The number of hydrogen-bond acceptors (Lipinski definition) is 8. The number of benzene rings is 6. The first kappa shape index (κ1) is 31.5. The Morgan fingerprint density at radius 3 is 1.02 bits per heavy atom. The number of nitrogens with zero attached hydrogens (tertiary/aromatic N) is 6. The van der Waals surface area contributed by atoms with E-state index in [-0.39, 0.29) is 0 Å². The van der Waals surface area contributed by atoms with Crippen LogP contribution in [0, 0.1) is 45.3 Å². The van der Waals surface area contributed by atoms with Crippen LogP contribution in [-0.4, -0.2) is 7.11 Å². The maximum absolute atomic E-state index is 9.50. The molecule has 0 aliphatic heterocycles. The third-order valence-corrected chi connectivity index (χ3v) is 7.82. The Labute approximate surface area is 284 Å². The zero-order chi connectivity index (χ0) is 34.2. The Hall–Kier alpha value is -7.52. The molecule has 0 aromatic heterocycles. The third-order valence-electron chi connectivity index (χ3n) is 7.82. The van der Waals surface area contributed by atoms with E-state index in [4.69, 9.17) is 4.74 Å². The van der Waals surface area contributed by atoms with Crippen LogP contribution in [-0.2, 0) is 0 Å². The van der Waals surface area contributed by atoms with Gasteiger partial charge >= 0.3 is 0 Å². The van der Waals surface area contributed by atoms with Crippen molar-refractivity contribution in [2.75, 3.05) is 22.2 Å². The van der Waals surface area contributed by atoms with E-state index >= 15 is 0 Å². The lowest BCUT2D eigenvalue weighted by atomic mass is 10.1. The summed E-state index contributed by atoms with van der Waals surface area (Å²) < 4.78 is 5.36. The molecule has 0 heterocycles. The van der Waals surface area contributed by atoms with E-state index in [9.17, 15) is 21.0 Å². The first-order valence-electron chi connectivity index (χ1n) is 15.2. The molecule has 0 unspecified atom stereocenters. The third kappa shape index (κ3) is 7.01. The molecule has 6 aromatic rings. The molecule has 0 aliphatic carbocycles. The molecular formula is C41H27N7O. The summed E-state index contributed by atoms with van der Waals surface area (Å²) in [6.07, 6.45) is 0. The molecule has 0 amide bonds. The predicted octanol–water partition coefficient (Wildman–Crippen LogP) is 9.87. The minimum Gasteiger partial charge on any atom is -0.497 e. The summed E-state index contributed by atoms with van der Waals surface area (Å²) in [5.41, 5.74) is 8.55. The fraction of sp³-hybridized carbons (Fsp3) is 0.0244. The van der Waals surface area contributed by atoms with Gasteiger partial charge in [-0.2, -0.15) is 21.0 Å². The molecule has 6 aromatic carbocycles. The van der Waals surface area contributed by atoms with Crippen LogP contribution in [0.2, 0.25) is 0 Å². The van der Waals surface area contributed by atoms with Crippen LogP contribution in [0.3, 0.4) is 0 Å². The highest BCUT2D eigenvalue weighted by molar-refractivity contribution is 5.87. The maximum Gasteiger partial charge on any atom is 0.119 e. The van der Waals surface area contributed by atoms with Gasteiger partial charge in [-0.15, -0.1) is 0 Å². The Kier molecular flexibility index (Phi) is 9.17. The van der Waals surface area contributed by atoms with Gasteiger partial charge in [-0.25, -0.2) is 0 Å². The topological polar surface area (TPSA) is 123 Å². The molecule has 8 nitrogen and oxygen atoms in total. The quantitative estimate of drug-likeness (QED) is 0.167. The van der Waals surface area contributed by atoms with E-state index in [0.29, 0.717) is 22.3 Å². The van der Waals surface area contributed by atoms with Gasteiger partial charge in [0.05, 0.1) is 65.0 Å². The van der Waals surface area contributed by atoms with Crippen LogP contribution < -0.4 is 19.9 Å². The zero-order valence-electron chi connectivity index (χ0n) is 26.4. The van der Waals surface area contributed by atoms with Crippen molar-refractivity contribution in [3.8, 4) is 30.0 Å². The molecule has 232 valence electrons. The van der Waals surface area contributed by atoms with Gasteiger partial charge in [-0.05, 0) is 140 Å². The van der Waals surface area contributed by atoms with Gasteiger partial charge in [0.2, 0.25) is 0 Å². The average molecular weight is 634 g/mol. The summed E-state index contributed by atoms with van der Waals surface area (Å²) >= 11 is 0. The summed E-state index contributed by atoms with van der Waals surface area (Å²) in [4.78, 5) is 4.11. The monoisotopic (exact) mass is 633 g/mol. The number of methoxy groups -OCH3 is 1. The Morgan fingerprint density at radius 1 is 0.408 bits per heavy atom. The molecule has 0 atom stereocenters. The Balaban J connectivity index is 1.58. The van der Waals surface area contributed by atoms with Gasteiger partial charge in [0.15, 0.2) is 0 Å². The van der Waals surface area contributed by atoms with Gasteiger partial charge in [0, 0.05) is 34.1 Å². The Bertz CT molecular complexity index is 2000. The number of rotatable bonds is 9. The lowest BCUT2D eigenvalue weighted by Crippen LogP contribution is -2.14. The first-order chi connectivity index (χ1) is 24.0. The minimum atomic E-state index is 0.534. The molecule has 0 radical (unpaired) electrons. The fourth-order valence-electron chi connectivity index (χ4n) is 5.40. The summed E-state index contributed by atoms with van der Waals surface area (Å²) in [6.45, 7) is 0. The van der Waals surface area contributed by atoms with E-state index in [0.717, 1.165) is 51.2 Å². The molecule has 0 fully saturated rings. The fourth-order valence-corrected chi connectivity index (χ4v) is 5.40. The van der Waals surface area contributed by atoms with Crippen molar-refractivity contribution in [1.82, 2.24) is 0 Å². The molecule has 1 N–H and O–H groups in total. The number of hydrogen-bond donors (Lipinski definition) is 1. The highest BCUT2D eigenvalue weighted by Crippen LogP contribution is 2.43. The van der Waals surface area contributed by atoms with Gasteiger partial charge in [-0.3, -0.25) is 0 Å². The van der Waals surface area contributed by atoms with Crippen LogP contribution >= 0.6 is 0 Å². The second kappa shape index (κ2) is 14.3. The van der Waals surface area contributed by atoms with E-state index in [1.165, 1.54) is 0 Å². The number of ether oxygens (including phenoxy) is 1. The molecule has 0 saturated carbocycles. The van der Waals surface area contributed by atoms with E-state index in [1.807, 2.05) is 91.0 Å². The second-order valence-electron chi connectivity index (χ2n) is 10.9. The predicted molar refractivity (Wildman–Crippen MR) is 191 cm³/mol. The summed E-state index contributed by atoms with van der Waals surface area (Å²) in [5.74, 6) is 0.737. The molecule has 0 bridgehead atoms. The highest BCUT2D eigenvalue weighted by Gasteiger charge is 2.19. The van der Waals surface area contributed by atoms with Crippen molar-refractivity contribution in [3.05, 3.63) is 162 Å². The van der Waals surface area contributed by atoms with Gasteiger partial charge in [0.1, 0.15) is 5.75 Å². The normalized spacial score (nSPS) is 10.1. The molecule has 0 aliphatic rings. The first-order valence-corrected chi connectivity index (χ1v) is 15.2. The molecule has 6 rings (SSSR count). The van der Waals surface area contributed by atoms with Crippen molar-refractivity contribution < 1.29 is 4.74 Å². The largest absolute Gasteiger partial charge is 0.497 e. The molecule has 0 spiro atoms. The molecule has 49 heavy (non-hydrogen) atoms. The standard InChI is InChI=1S/C41H27N7O/c1-49-41-20-10-33(11-21-41)46-34-22-39(47(35-12-2-29(25-42)3-13-35)36-14-4-30(26-43)5-15-36)24-40(23-34)48(37-16-6-31(27-44)7-17-37)38-18-8-32(28-45)9-19-38/h2-24,46H,1H3. The summed E-state index contributed by atoms with van der Waals surface area (Å²) in [7, 11) is 1.62. The number of anilines is 8. The SMILES string of the molecule is COc1ccc(Nc2cc(N(c3ccc(C#N)cc3)c3ccc(C#N)cc3)cc(N(c3ccc(C#N)cc3)c3ccc(C#N)cc3)c2)cc1. The molecular weight excluding hydrogens is 606 g/mol. The summed E-state index contributed by atoms with van der Waals surface area (Å²) in [5, 5.41) is 41.5. The molecule has 8 heteroatoms. The van der Waals surface area contributed by atoms with Crippen molar-refractivity contribution in [3.63, 3.8) is 0 Å². The van der Waals surface area contributed by atoms with Crippen LogP contribution in [0.1, 0.15) is 22.3 Å². The van der Waals surface area contributed by atoms with Crippen molar-refractivity contribution in [2.45, 2.75) is 0 Å². The highest BCUT2D eigenvalue weighted by atomic mass is 16.5. The average Bonchev–Trinajstić information content (AvgIpc) is 3.16. The van der Waals surface area contributed by atoms with Gasteiger partial charge in [-0.1, -0.05) is 0 Å². The lowest BCUT2D eigenvalue weighted by molar-refractivity contribution is 0.415. The van der Waals surface area contributed by atoms with Gasteiger partial charge in [0.25, 0.3) is 0 Å². The van der Waals surface area contributed by atoms with Crippen LogP contribution in [0.4, 0.5) is 45.5 Å². The lowest BCUT2D eigenvalue weighted by Gasteiger charge is -2.30.